The minimum Gasteiger partial charge on any atom is -0.309 e. The average Bonchev–Trinajstić information content (AvgIpc) is 2.92. The van der Waals surface area contributed by atoms with Crippen LogP contribution in [0.2, 0.25) is 5.02 Å². The monoisotopic (exact) mass is 351 g/mol. The molecule has 1 amide bonds. The molecule has 0 atom stereocenters. The lowest BCUT2D eigenvalue weighted by Gasteiger charge is -2.05. The van der Waals surface area contributed by atoms with Gasteiger partial charge in [-0.3, -0.25) is 4.79 Å². The summed E-state index contributed by atoms with van der Waals surface area (Å²) < 4.78 is 12.8. The standard InChI is InChI=1S/C10H15N3O.C8H8ClF/c1-6(2)8(4)10(14)11-9-5-7(3)12-13-9;1-2-6-7(9)4-3-5-8(6)10/h5H2,1-4H3,(H,11,13,14);3-5H,2H2,1H3. The average molecular weight is 352 g/mol. The van der Waals surface area contributed by atoms with Crippen LogP contribution in [0, 0.1) is 5.82 Å². The summed E-state index contributed by atoms with van der Waals surface area (Å²) in [5.41, 5.74) is 3.27. The van der Waals surface area contributed by atoms with Crippen LogP contribution in [0.25, 0.3) is 0 Å². The Morgan fingerprint density at radius 3 is 2.38 bits per heavy atom. The van der Waals surface area contributed by atoms with E-state index in [-0.39, 0.29) is 11.7 Å². The van der Waals surface area contributed by atoms with Crippen molar-refractivity contribution in [3.05, 3.63) is 45.7 Å². The number of carbonyl (C=O) groups is 1. The van der Waals surface area contributed by atoms with Crippen molar-refractivity contribution >= 4 is 29.1 Å². The van der Waals surface area contributed by atoms with Gasteiger partial charge in [-0.1, -0.05) is 30.2 Å². The van der Waals surface area contributed by atoms with E-state index in [1.165, 1.54) is 6.07 Å². The molecule has 130 valence electrons. The third kappa shape index (κ3) is 5.89. The number of carbonyl (C=O) groups excluding carboxylic acids is 1. The van der Waals surface area contributed by atoms with Crippen LogP contribution in [0.3, 0.4) is 0 Å². The minimum absolute atomic E-state index is 0.0892. The Balaban J connectivity index is 0.000000254. The number of halogens is 2. The van der Waals surface area contributed by atoms with Crippen LogP contribution in [0.1, 0.15) is 46.6 Å². The Kier molecular flexibility index (Phi) is 7.79. The molecule has 0 aliphatic carbocycles. The lowest BCUT2D eigenvalue weighted by atomic mass is 10.1. The summed E-state index contributed by atoms with van der Waals surface area (Å²) in [7, 11) is 0. The molecule has 0 fully saturated rings. The zero-order chi connectivity index (χ0) is 18.3. The van der Waals surface area contributed by atoms with Gasteiger partial charge >= 0.3 is 0 Å². The molecule has 24 heavy (non-hydrogen) atoms. The summed E-state index contributed by atoms with van der Waals surface area (Å²) in [5.74, 6) is 0.330. The topological polar surface area (TPSA) is 53.8 Å². The number of amidine groups is 1. The Labute approximate surface area is 147 Å². The summed E-state index contributed by atoms with van der Waals surface area (Å²) in [6, 6.07) is 4.73. The van der Waals surface area contributed by atoms with E-state index in [9.17, 15) is 9.18 Å². The molecular formula is C18H23ClFN3O. The van der Waals surface area contributed by atoms with Crippen molar-refractivity contribution in [2.75, 3.05) is 0 Å². The fourth-order valence-corrected chi connectivity index (χ4v) is 2.15. The maximum atomic E-state index is 12.8. The van der Waals surface area contributed by atoms with E-state index >= 15 is 0 Å². The largest absolute Gasteiger partial charge is 0.309 e. The van der Waals surface area contributed by atoms with Crippen LogP contribution >= 0.6 is 11.6 Å². The first-order valence-corrected chi connectivity index (χ1v) is 8.12. The summed E-state index contributed by atoms with van der Waals surface area (Å²) in [6.07, 6.45) is 1.29. The van der Waals surface area contributed by atoms with Crippen LogP contribution in [-0.2, 0) is 11.2 Å². The van der Waals surface area contributed by atoms with Gasteiger partial charge in [0.1, 0.15) is 11.7 Å². The predicted octanol–water partition coefficient (Wildman–Crippen LogP) is 4.68. The van der Waals surface area contributed by atoms with E-state index in [1.54, 1.807) is 19.1 Å². The predicted molar refractivity (Wildman–Crippen MR) is 98.1 cm³/mol. The molecule has 0 saturated carbocycles. The Hall–Kier alpha value is -2.01. The maximum absolute atomic E-state index is 12.8. The van der Waals surface area contributed by atoms with Crippen LogP contribution in [-0.4, -0.2) is 17.5 Å². The molecule has 0 radical (unpaired) electrons. The van der Waals surface area contributed by atoms with E-state index in [0.717, 1.165) is 16.9 Å². The molecule has 1 N–H and O–H groups in total. The van der Waals surface area contributed by atoms with Gasteiger partial charge in [0, 0.05) is 28.3 Å². The summed E-state index contributed by atoms with van der Waals surface area (Å²) >= 11 is 5.69. The number of allylic oxidation sites excluding steroid dienone is 1. The van der Waals surface area contributed by atoms with Crippen molar-refractivity contribution in [3.8, 4) is 0 Å². The van der Waals surface area contributed by atoms with E-state index in [2.05, 4.69) is 15.5 Å². The number of hydrogen-bond acceptors (Lipinski definition) is 3. The molecule has 1 heterocycles. The van der Waals surface area contributed by atoms with Crippen LogP contribution in [0.15, 0.2) is 39.5 Å². The molecule has 0 spiro atoms. The molecule has 6 heteroatoms. The molecule has 1 aromatic carbocycles. The highest BCUT2D eigenvalue weighted by Crippen LogP contribution is 2.18. The van der Waals surface area contributed by atoms with Gasteiger partial charge in [-0.25, -0.2) is 4.39 Å². The molecule has 1 aliphatic rings. The second kappa shape index (κ2) is 9.33. The lowest BCUT2D eigenvalue weighted by molar-refractivity contribution is -0.116. The van der Waals surface area contributed by atoms with Gasteiger partial charge < -0.3 is 5.32 Å². The van der Waals surface area contributed by atoms with Crippen molar-refractivity contribution in [3.63, 3.8) is 0 Å². The fourth-order valence-electron chi connectivity index (χ4n) is 1.85. The molecule has 1 aromatic rings. The van der Waals surface area contributed by atoms with Gasteiger partial charge in [-0.2, -0.15) is 5.10 Å². The van der Waals surface area contributed by atoms with Gasteiger partial charge in [0.2, 0.25) is 0 Å². The van der Waals surface area contributed by atoms with Crippen molar-refractivity contribution in [2.24, 2.45) is 10.2 Å². The van der Waals surface area contributed by atoms with E-state index < -0.39 is 0 Å². The van der Waals surface area contributed by atoms with Crippen molar-refractivity contribution < 1.29 is 9.18 Å². The zero-order valence-corrected chi connectivity index (χ0v) is 15.5. The first-order valence-electron chi connectivity index (χ1n) is 7.74. The first-order chi connectivity index (χ1) is 11.3. The number of nitrogens with zero attached hydrogens (tertiary/aromatic N) is 2. The Bertz CT molecular complexity index is 684. The Morgan fingerprint density at radius 2 is 1.96 bits per heavy atom. The van der Waals surface area contributed by atoms with Gasteiger partial charge in [0.05, 0.1) is 0 Å². The van der Waals surface area contributed by atoms with Crippen molar-refractivity contribution in [2.45, 2.75) is 47.5 Å². The van der Waals surface area contributed by atoms with Crippen LogP contribution < -0.4 is 5.32 Å². The normalized spacial score (nSPS) is 12.6. The summed E-state index contributed by atoms with van der Waals surface area (Å²) in [4.78, 5) is 11.5. The molecule has 0 aromatic heterocycles. The highest BCUT2D eigenvalue weighted by molar-refractivity contribution is 6.31. The quantitative estimate of drug-likeness (QED) is 0.773. The molecular weight excluding hydrogens is 329 g/mol. The second-order valence-electron chi connectivity index (χ2n) is 5.69. The third-order valence-corrected chi connectivity index (χ3v) is 3.88. The SMILES string of the molecule is CC1=NN=C(NC(=O)C(C)=C(C)C)C1.CCc1c(F)cccc1Cl. The van der Waals surface area contributed by atoms with Gasteiger partial charge in [-0.15, -0.1) is 5.10 Å². The summed E-state index contributed by atoms with van der Waals surface area (Å²) in [6.45, 7) is 9.38. The highest BCUT2D eigenvalue weighted by atomic mass is 35.5. The van der Waals surface area contributed by atoms with Gasteiger partial charge in [0.15, 0.2) is 0 Å². The van der Waals surface area contributed by atoms with Crippen LogP contribution in [0.5, 0.6) is 0 Å². The smallest absolute Gasteiger partial charge is 0.252 e. The number of hydrogen-bond donors (Lipinski definition) is 1. The minimum atomic E-state index is -0.213. The number of amides is 1. The van der Waals surface area contributed by atoms with Crippen molar-refractivity contribution in [1.82, 2.24) is 5.32 Å². The maximum Gasteiger partial charge on any atom is 0.252 e. The third-order valence-electron chi connectivity index (χ3n) is 3.53. The fraction of sp³-hybridized carbons (Fsp3) is 0.389. The zero-order valence-electron chi connectivity index (χ0n) is 14.7. The van der Waals surface area contributed by atoms with E-state index in [4.69, 9.17) is 11.6 Å². The van der Waals surface area contributed by atoms with E-state index in [1.807, 2.05) is 27.7 Å². The van der Waals surface area contributed by atoms with E-state index in [0.29, 0.717) is 29.3 Å². The molecule has 1 aliphatic heterocycles. The second-order valence-corrected chi connectivity index (χ2v) is 6.10. The number of benzene rings is 1. The molecule has 0 saturated heterocycles. The highest BCUT2D eigenvalue weighted by Gasteiger charge is 2.13. The molecule has 4 nitrogen and oxygen atoms in total. The lowest BCUT2D eigenvalue weighted by Crippen LogP contribution is -2.31. The van der Waals surface area contributed by atoms with Crippen LogP contribution in [0.4, 0.5) is 4.39 Å². The van der Waals surface area contributed by atoms with Gasteiger partial charge in [0.25, 0.3) is 5.91 Å². The number of rotatable bonds is 2. The molecule has 0 bridgehead atoms. The molecule has 0 unspecified atom stereocenters. The van der Waals surface area contributed by atoms with Crippen molar-refractivity contribution in [1.29, 1.82) is 0 Å². The summed E-state index contributed by atoms with van der Waals surface area (Å²) in [5, 5.41) is 10.9. The number of nitrogens with one attached hydrogen (secondary N) is 1. The molecule has 2 rings (SSSR count). The van der Waals surface area contributed by atoms with Gasteiger partial charge in [-0.05, 0) is 46.2 Å². The Morgan fingerprint density at radius 1 is 1.29 bits per heavy atom. The first kappa shape index (κ1) is 20.0.